The largest absolute Gasteiger partial charge is 0.497 e. The minimum atomic E-state index is 0.826. The minimum Gasteiger partial charge on any atom is -0.497 e. The topological polar surface area (TPSA) is 21.3 Å². The Morgan fingerprint density at radius 1 is 1.38 bits per heavy atom. The quantitative estimate of drug-likeness (QED) is 0.870. The van der Waals surface area contributed by atoms with Crippen LogP contribution in [0.15, 0.2) is 24.3 Å². The van der Waals surface area contributed by atoms with Crippen molar-refractivity contribution in [2.24, 2.45) is 0 Å². The lowest BCUT2D eigenvalue weighted by Crippen LogP contribution is -2.29. The molecule has 16 heavy (non-hydrogen) atoms. The van der Waals surface area contributed by atoms with Crippen LogP contribution in [0.5, 0.6) is 5.75 Å². The second kappa shape index (κ2) is 6.16. The van der Waals surface area contributed by atoms with Gasteiger partial charge in [-0.1, -0.05) is 12.1 Å². The van der Waals surface area contributed by atoms with E-state index in [1.54, 1.807) is 7.11 Å². The molecule has 1 N–H and O–H groups in total. The number of thioether (sulfide) groups is 1. The van der Waals surface area contributed by atoms with Crippen LogP contribution in [-0.4, -0.2) is 25.4 Å². The van der Waals surface area contributed by atoms with Gasteiger partial charge in [-0.05, 0) is 43.6 Å². The van der Waals surface area contributed by atoms with Crippen LogP contribution >= 0.6 is 11.8 Å². The Morgan fingerprint density at radius 3 is 2.94 bits per heavy atom. The van der Waals surface area contributed by atoms with Gasteiger partial charge in [-0.3, -0.25) is 0 Å². The summed E-state index contributed by atoms with van der Waals surface area (Å²) in [5.41, 5.74) is 1.36. The van der Waals surface area contributed by atoms with E-state index >= 15 is 0 Å². The fourth-order valence-corrected chi connectivity index (χ4v) is 3.12. The molecule has 0 saturated carbocycles. The molecule has 1 fully saturated rings. The number of hydrogen-bond acceptors (Lipinski definition) is 3. The fraction of sp³-hybridized carbons (Fsp3) is 0.538. The average molecular weight is 237 g/mol. The van der Waals surface area contributed by atoms with Gasteiger partial charge < -0.3 is 10.1 Å². The van der Waals surface area contributed by atoms with Gasteiger partial charge in [-0.25, -0.2) is 0 Å². The highest BCUT2D eigenvalue weighted by Gasteiger charge is 2.13. The van der Waals surface area contributed by atoms with E-state index < -0.39 is 0 Å². The third kappa shape index (κ3) is 3.42. The highest BCUT2D eigenvalue weighted by atomic mass is 32.2. The highest BCUT2D eigenvalue weighted by molar-refractivity contribution is 7.99. The predicted molar refractivity (Wildman–Crippen MR) is 70.2 cm³/mol. The van der Waals surface area contributed by atoms with Crippen LogP contribution in [0.2, 0.25) is 0 Å². The first-order valence-electron chi connectivity index (χ1n) is 5.84. The van der Waals surface area contributed by atoms with Crippen LogP contribution in [-0.2, 0) is 5.75 Å². The molecule has 2 rings (SSSR count). The summed E-state index contributed by atoms with van der Waals surface area (Å²) in [7, 11) is 1.72. The number of benzene rings is 1. The summed E-state index contributed by atoms with van der Waals surface area (Å²) >= 11 is 2.07. The van der Waals surface area contributed by atoms with Gasteiger partial charge in [0.05, 0.1) is 7.11 Å². The maximum atomic E-state index is 5.23. The monoisotopic (exact) mass is 237 g/mol. The zero-order valence-corrected chi connectivity index (χ0v) is 10.6. The Hall–Kier alpha value is -0.670. The molecule has 0 atom stereocenters. The Labute approximate surface area is 102 Å². The lowest BCUT2D eigenvalue weighted by atomic mass is 10.2. The number of nitrogens with one attached hydrogen (secondary N) is 1. The van der Waals surface area contributed by atoms with E-state index in [9.17, 15) is 0 Å². The third-order valence-electron chi connectivity index (χ3n) is 2.91. The molecule has 3 heteroatoms. The standard InChI is InChI=1S/C13H19NOS/c1-15-12-4-2-3-11(9-12)10-16-13-5-7-14-8-6-13/h2-4,9,13-14H,5-8,10H2,1H3. The Morgan fingerprint density at radius 2 is 2.19 bits per heavy atom. The molecule has 0 spiro atoms. The van der Waals surface area contributed by atoms with Crippen LogP contribution in [0.4, 0.5) is 0 Å². The molecular formula is C13H19NOS. The van der Waals surface area contributed by atoms with Crippen molar-refractivity contribution in [1.82, 2.24) is 5.32 Å². The van der Waals surface area contributed by atoms with Gasteiger partial charge in [0.2, 0.25) is 0 Å². The SMILES string of the molecule is COc1cccc(CSC2CCNCC2)c1. The van der Waals surface area contributed by atoms with Crippen LogP contribution in [0.3, 0.4) is 0 Å². The van der Waals surface area contributed by atoms with E-state index in [0.29, 0.717) is 0 Å². The number of methoxy groups -OCH3 is 1. The van der Waals surface area contributed by atoms with Crippen molar-refractivity contribution in [1.29, 1.82) is 0 Å². The second-order valence-corrected chi connectivity index (χ2v) is 5.40. The molecule has 0 aromatic heterocycles. The van der Waals surface area contributed by atoms with Gasteiger partial charge in [-0.15, -0.1) is 0 Å². The predicted octanol–water partition coefficient (Wildman–Crippen LogP) is 2.68. The van der Waals surface area contributed by atoms with Crippen molar-refractivity contribution in [2.75, 3.05) is 20.2 Å². The van der Waals surface area contributed by atoms with Crippen LogP contribution < -0.4 is 10.1 Å². The highest BCUT2D eigenvalue weighted by Crippen LogP contribution is 2.25. The summed E-state index contributed by atoms with van der Waals surface area (Å²) in [5.74, 6) is 2.06. The van der Waals surface area contributed by atoms with Crippen molar-refractivity contribution in [3.8, 4) is 5.75 Å². The molecule has 88 valence electrons. The molecule has 0 bridgehead atoms. The van der Waals surface area contributed by atoms with Gasteiger partial charge in [0.1, 0.15) is 5.75 Å². The zero-order valence-electron chi connectivity index (χ0n) is 9.74. The van der Waals surface area contributed by atoms with Crippen LogP contribution in [0.1, 0.15) is 18.4 Å². The molecule has 0 aliphatic carbocycles. The maximum absolute atomic E-state index is 5.23. The molecule has 1 aromatic carbocycles. The Balaban J connectivity index is 1.83. The molecule has 1 aromatic rings. The number of hydrogen-bond donors (Lipinski definition) is 1. The molecule has 0 amide bonds. The summed E-state index contributed by atoms with van der Waals surface area (Å²) in [6.07, 6.45) is 2.60. The summed E-state index contributed by atoms with van der Waals surface area (Å²) in [6, 6.07) is 8.38. The minimum absolute atomic E-state index is 0.826. The van der Waals surface area contributed by atoms with E-state index in [1.807, 2.05) is 6.07 Å². The van der Waals surface area contributed by atoms with Gasteiger partial charge in [0, 0.05) is 11.0 Å². The second-order valence-electron chi connectivity index (χ2n) is 4.11. The molecule has 1 aliphatic heterocycles. The van der Waals surface area contributed by atoms with Gasteiger partial charge in [0.25, 0.3) is 0 Å². The molecular weight excluding hydrogens is 218 g/mol. The van der Waals surface area contributed by atoms with Crippen LogP contribution in [0, 0.1) is 0 Å². The Kier molecular flexibility index (Phi) is 4.55. The average Bonchev–Trinajstić information content (AvgIpc) is 2.38. The van der Waals surface area contributed by atoms with Crippen molar-refractivity contribution in [2.45, 2.75) is 23.8 Å². The molecule has 0 unspecified atom stereocenters. The van der Waals surface area contributed by atoms with Crippen LogP contribution in [0.25, 0.3) is 0 Å². The van der Waals surface area contributed by atoms with Crippen molar-refractivity contribution < 1.29 is 4.74 Å². The normalized spacial score (nSPS) is 17.3. The molecule has 0 radical (unpaired) electrons. The molecule has 2 nitrogen and oxygen atoms in total. The van der Waals surface area contributed by atoms with Crippen molar-refractivity contribution >= 4 is 11.8 Å². The van der Waals surface area contributed by atoms with Gasteiger partial charge >= 0.3 is 0 Å². The van der Waals surface area contributed by atoms with E-state index in [0.717, 1.165) is 16.8 Å². The third-order valence-corrected chi connectivity index (χ3v) is 4.35. The van der Waals surface area contributed by atoms with E-state index in [-0.39, 0.29) is 0 Å². The number of rotatable bonds is 4. The van der Waals surface area contributed by atoms with Gasteiger partial charge in [0.15, 0.2) is 0 Å². The summed E-state index contributed by atoms with van der Waals surface area (Å²) in [4.78, 5) is 0. The maximum Gasteiger partial charge on any atom is 0.119 e. The Bertz CT molecular complexity index is 323. The number of ether oxygens (including phenoxy) is 1. The lowest BCUT2D eigenvalue weighted by molar-refractivity contribution is 0.414. The lowest BCUT2D eigenvalue weighted by Gasteiger charge is -2.22. The van der Waals surface area contributed by atoms with Gasteiger partial charge in [-0.2, -0.15) is 11.8 Å². The number of piperidine rings is 1. The molecule has 1 aliphatic rings. The van der Waals surface area contributed by atoms with Crippen molar-refractivity contribution in [3.63, 3.8) is 0 Å². The first-order chi connectivity index (χ1) is 7.88. The zero-order chi connectivity index (χ0) is 11.2. The first-order valence-corrected chi connectivity index (χ1v) is 6.88. The van der Waals surface area contributed by atoms with E-state index in [1.165, 1.54) is 31.5 Å². The molecule has 1 saturated heterocycles. The van der Waals surface area contributed by atoms with E-state index in [4.69, 9.17) is 4.74 Å². The first kappa shape index (κ1) is 11.8. The fourth-order valence-electron chi connectivity index (χ4n) is 1.94. The van der Waals surface area contributed by atoms with E-state index in [2.05, 4.69) is 35.3 Å². The smallest absolute Gasteiger partial charge is 0.119 e. The summed E-state index contributed by atoms with van der Waals surface area (Å²) < 4.78 is 5.23. The van der Waals surface area contributed by atoms with Crippen molar-refractivity contribution in [3.05, 3.63) is 29.8 Å². The molecule has 1 heterocycles. The summed E-state index contributed by atoms with van der Waals surface area (Å²) in [5, 5.41) is 4.22. The summed E-state index contributed by atoms with van der Waals surface area (Å²) in [6.45, 7) is 2.35.